The Kier molecular flexibility index (Phi) is 4.52. The number of nitrogens with one attached hydrogen (secondary N) is 3. The topological polar surface area (TPSA) is 73.6 Å². The molecule has 3 aromatic heterocycles. The van der Waals surface area contributed by atoms with Gasteiger partial charge in [-0.3, -0.25) is 4.79 Å². The Morgan fingerprint density at radius 2 is 1.87 bits per heavy atom. The van der Waals surface area contributed by atoms with Crippen LogP contribution in [0.4, 0.5) is 4.39 Å². The van der Waals surface area contributed by atoms with Gasteiger partial charge in [0.25, 0.3) is 5.91 Å². The van der Waals surface area contributed by atoms with Crippen molar-refractivity contribution in [1.29, 1.82) is 0 Å². The maximum atomic E-state index is 13.6. The lowest BCUT2D eigenvalue weighted by Gasteiger charge is -2.05. The summed E-state index contributed by atoms with van der Waals surface area (Å²) in [7, 11) is 0. The number of aromatic amines is 2. The number of carbonyl (C=O) groups excluding carboxylic acids is 1. The van der Waals surface area contributed by atoms with Crippen LogP contribution in [0.5, 0.6) is 0 Å². The zero-order valence-electron chi connectivity index (χ0n) is 16.1. The first-order valence-electron chi connectivity index (χ1n) is 9.75. The number of carbonyl (C=O) groups is 1. The molecule has 0 aliphatic rings. The summed E-state index contributed by atoms with van der Waals surface area (Å²) in [6, 6.07) is 16.3. The molecule has 1 amide bonds. The largest absolute Gasteiger partial charge is 0.361 e. The monoisotopic (exact) mass is 398 g/mol. The summed E-state index contributed by atoms with van der Waals surface area (Å²) in [6.07, 6.45) is 6.04. The second-order valence-electron chi connectivity index (χ2n) is 7.20. The summed E-state index contributed by atoms with van der Waals surface area (Å²) in [5.41, 5.74) is 4.88. The standard InChI is InChI=1S/C24H19FN4O/c25-18-5-3-4-15(10-18)17-11-20-21(14-29-23(20)28-13-17)24(30)26-9-8-16-12-27-22-7-2-1-6-19(16)22/h1-7,10-14,27H,8-9H2,(H,26,30)(H,28,29). The fourth-order valence-electron chi connectivity index (χ4n) is 3.76. The molecule has 0 fully saturated rings. The van der Waals surface area contributed by atoms with Crippen molar-refractivity contribution in [2.45, 2.75) is 6.42 Å². The Morgan fingerprint density at radius 1 is 0.967 bits per heavy atom. The Bertz CT molecular complexity index is 1370. The predicted octanol–water partition coefficient (Wildman–Crippen LogP) is 4.82. The Labute approximate surface area is 172 Å². The van der Waals surface area contributed by atoms with E-state index in [4.69, 9.17) is 0 Å². The second-order valence-corrected chi connectivity index (χ2v) is 7.20. The number of pyridine rings is 1. The first-order chi connectivity index (χ1) is 14.7. The van der Waals surface area contributed by atoms with E-state index >= 15 is 0 Å². The lowest BCUT2D eigenvalue weighted by molar-refractivity contribution is 0.0956. The molecule has 5 rings (SSSR count). The van der Waals surface area contributed by atoms with Crippen molar-refractivity contribution < 1.29 is 9.18 Å². The zero-order chi connectivity index (χ0) is 20.5. The third kappa shape index (κ3) is 3.33. The van der Waals surface area contributed by atoms with E-state index < -0.39 is 0 Å². The van der Waals surface area contributed by atoms with Crippen molar-refractivity contribution in [1.82, 2.24) is 20.3 Å². The Balaban J connectivity index is 1.35. The van der Waals surface area contributed by atoms with Crippen LogP contribution in [-0.2, 0) is 6.42 Å². The third-order valence-corrected chi connectivity index (χ3v) is 5.29. The van der Waals surface area contributed by atoms with Gasteiger partial charge in [0, 0.05) is 47.0 Å². The average molecular weight is 398 g/mol. The fraction of sp³-hybridized carbons (Fsp3) is 0.0833. The van der Waals surface area contributed by atoms with E-state index in [9.17, 15) is 9.18 Å². The van der Waals surface area contributed by atoms with Crippen molar-refractivity contribution in [3.05, 3.63) is 90.1 Å². The van der Waals surface area contributed by atoms with Gasteiger partial charge in [0.05, 0.1) is 5.56 Å². The Morgan fingerprint density at radius 3 is 2.77 bits per heavy atom. The summed E-state index contributed by atoms with van der Waals surface area (Å²) in [6.45, 7) is 0.518. The van der Waals surface area contributed by atoms with Gasteiger partial charge < -0.3 is 15.3 Å². The molecule has 0 aliphatic heterocycles. The summed E-state index contributed by atoms with van der Waals surface area (Å²) >= 11 is 0. The number of hydrogen-bond donors (Lipinski definition) is 3. The molecular formula is C24H19FN4O. The molecule has 30 heavy (non-hydrogen) atoms. The SMILES string of the molecule is O=C(NCCc1c[nH]c2ccccc12)c1c[nH]c2ncc(-c3cccc(F)c3)cc12. The van der Waals surface area contributed by atoms with E-state index in [1.165, 1.54) is 23.1 Å². The minimum atomic E-state index is -0.308. The molecule has 0 aliphatic carbocycles. The minimum Gasteiger partial charge on any atom is -0.361 e. The van der Waals surface area contributed by atoms with Gasteiger partial charge in [0.1, 0.15) is 11.5 Å². The molecule has 0 radical (unpaired) electrons. The number of aromatic nitrogens is 3. The number of hydrogen-bond acceptors (Lipinski definition) is 2. The maximum Gasteiger partial charge on any atom is 0.253 e. The van der Waals surface area contributed by atoms with Gasteiger partial charge in [-0.25, -0.2) is 9.37 Å². The van der Waals surface area contributed by atoms with Crippen molar-refractivity contribution >= 4 is 27.8 Å². The lowest BCUT2D eigenvalue weighted by Crippen LogP contribution is -2.25. The summed E-state index contributed by atoms with van der Waals surface area (Å²) < 4.78 is 13.6. The molecule has 0 saturated carbocycles. The van der Waals surface area contributed by atoms with Gasteiger partial charge in [0.2, 0.25) is 0 Å². The first kappa shape index (κ1) is 18.1. The van der Waals surface area contributed by atoms with Gasteiger partial charge in [-0.15, -0.1) is 0 Å². The average Bonchev–Trinajstić information content (AvgIpc) is 3.37. The van der Waals surface area contributed by atoms with Crippen LogP contribution < -0.4 is 5.32 Å². The van der Waals surface area contributed by atoms with Crippen molar-refractivity contribution in [2.24, 2.45) is 0 Å². The molecule has 0 unspecified atom stereocenters. The van der Waals surface area contributed by atoms with Crippen LogP contribution in [0.3, 0.4) is 0 Å². The van der Waals surface area contributed by atoms with Crippen LogP contribution in [0.25, 0.3) is 33.1 Å². The third-order valence-electron chi connectivity index (χ3n) is 5.29. The van der Waals surface area contributed by atoms with Gasteiger partial charge >= 0.3 is 0 Å². The summed E-state index contributed by atoms with van der Waals surface area (Å²) in [4.78, 5) is 23.5. The number of fused-ring (bicyclic) bond motifs is 2. The number of halogens is 1. The van der Waals surface area contributed by atoms with E-state index in [1.807, 2.05) is 36.5 Å². The number of benzene rings is 2. The summed E-state index contributed by atoms with van der Waals surface area (Å²) in [5, 5.41) is 4.87. The highest BCUT2D eigenvalue weighted by Crippen LogP contribution is 2.25. The number of nitrogens with zero attached hydrogens (tertiary/aromatic N) is 1. The number of amides is 1. The highest BCUT2D eigenvalue weighted by molar-refractivity contribution is 6.06. The highest BCUT2D eigenvalue weighted by Gasteiger charge is 2.14. The maximum absolute atomic E-state index is 13.6. The summed E-state index contributed by atoms with van der Waals surface area (Å²) in [5.74, 6) is -0.476. The first-order valence-corrected chi connectivity index (χ1v) is 9.75. The van der Waals surface area contributed by atoms with Crippen molar-refractivity contribution in [2.75, 3.05) is 6.54 Å². The molecule has 0 spiro atoms. The van der Waals surface area contributed by atoms with Gasteiger partial charge in [-0.1, -0.05) is 30.3 Å². The molecule has 6 heteroatoms. The second kappa shape index (κ2) is 7.48. The molecule has 2 aromatic carbocycles. The molecule has 0 bridgehead atoms. The highest BCUT2D eigenvalue weighted by atomic mass is 19.1. The molecular weight excluding hydrogens is 379 g/mol. The van der Waals surface area contributed by atoms with Gasteiger partial charge in [-0.05, 0) is 41.8 Å². The lowest BCUT2D eigenvalue weighted by atomic mass is 10.1. The smallest absolute Gasteiger partial charge is 0.253 e. The van der Waals surface area contributed by atoms with Gasteiger partial charge in [0.15, 0.2) is 0 Å². The van der Waals surface area contributed by atoms with Crippen LogP contribution >= 0.6 is 0 Å². The number of rotatable bonds is 5. The van der Waals surface area contributed by atoms with E-state index in [0.29, 0.717) is 23.1 Å². The van der Waals surface area contributed by atoms with Crippen LogP contribution in [-0.4, -0.2) is 27.4 Å². The van der Waals surface area contributed by atoms with Gasteiger partial charge in [-0.2, -0.15) is 0 Å². The minimum absolute atomic E-state index is 0.167. The molecule has 0 saturated heterocycles. The molecule has 148 valence electrons. The molecule has 0 atom stereocenters. The molecule has 5 nitrogen and oxygen atoms in total. The van der Waals surface area contributed by atoms with Crippen LogP contribution in [0.1, 0.15) is 15.9 Å². The van der Waals surface area contributed by atoms with E-state index in [1.54, 1.807) is 18.5 Å². The zero-order valence-corrected chi connectivity index (χ0v) is 16.1. The van der Waals surface area contributed by atoms with E-state index in [2.05, 4.69) is 26.3 Å². The Hall–Kier alpha value is -3.93. The molecule has 3 N–H and O–H groups in total. The quantitative estimate of drug-likeness (QED) is 0.397. The predicted molar refractivity (Wildman–Crippen MR) is 116 cm³/mol. The fourth-order valence-corrected chi connectivity index (χ4v) is 3.76. The van der Waals surface area contributed by atoms with Crippen LogP contribution in [0.15, 0.2) is 73.2 Å². The normalized spacial score (nSPS) is 11.2. The van der Waals surface area contributed by atoms with Crippen LogP contribution in [0.2, 0.25) is 0 Å². The van der Waals surface area contributed by atoms with Crippen molar-refractivity contribution in [3.8, 4) is 11.1 Å². The van der Waals surface area contributed by atoms with E-state index in [-0.39, 0.29) is 11.7 Å². The number of H-pyrrole nitrogens is 2. The van der Waals surface area contributed by atoms with Crippen LogP contribution in [0, 0.1) is 5.82 Å². The van der Waals surface area contributed by atoms with E-state index in [0.717, 1.165) is 23.1 Å². The molecule has 3 heterocycles. The molecule has 5 aromatic rings. The van der Waals surface area contributed by atoms with Crippen molar-refractivity contribution in [3.63, 3.8) is 0 Å². The number of para-hydroxylation sites is 1.